The van der Waals surface area contributed by atoms with Crippen molar-refractivity contribution in [3.8, 4) is 0 Å². The third kappa shape index (κ3) is 1.78. The maximum atomic E-state index is 11.8. The zero-order valence-corrected chi connectivity index (χ0v) is 9.17. The molecule has 0 aromatic rings. The summed E-state index contributed by atoms with van der Waals surface area (Å²) in [5.74, 6) is 1.21. The van der Waals surface area contributed by atoms with E-state index in [0.717, 1.165) is 12.5 Å². The van der Waals surface area contributed by atoms with E-state index in [1.54, 1.807) is 0 Å². The highest BCUT2D eigenvalue weighted by Gasteiger charge is 2.46. The van der Waals surface area contributed by atoms with Gasteiger partial charge in [-0.05, 0) is 52.0 Å². The van der Waals surface area contributed by atoms with Crippen LogP contribution in [0.3, 0.4) is 0 Å². The number of nitrogens with one attached hydrogen (secondary N) is 1. The first-order valence-corrected chi connectivity index (χ1v) is 5.43. The third-order valence-electron chi connectivity index (χ3n) is 3.17. The van der Waals surface area contributed by atoms with Crippen LogP contribution in [0.1, 0.15) is 33.6 Å². The van der Waals surface area contributed by atoms with Crippen LogP contribution in [0.15, 0.2) is 0 Å². The van der Waals surface area contributed by atoms with Crippen molar-refractivity contribution in [1.29, 1.82) is 0 Å². The van der Waals surface area contributed by atoms with Gasteiger partial charge >= 0.3 is 5.97 Å². The zero-order valence-electron chi connectivity index (χ0n) is 9.17. The van der Waals surface area contributed by atoms with Gasteiger partial charge in [-0.15, -0.1) is 0 Å². The molecule has 2 aliphatic rings. The second-order valence-electron chi connectivity index (χ2n) is 5.42. The van der Waals surface area contributed by atoms with Gasteiger partial charge in [-0.1, -0.05) is 0 Å². The molecular weight excluding hydrogens is 178 g/mol. The van der Waals surface area contributed by atoms with Gasteiger partial charge in [0.25, 0.3) is 0 Å². The second kappa shape index (κ2) is 3.23. The van der Waals surface area contributed by atoms with E-state index in [1.807, 2.05) is 20.8 Å². The van der Waals surface area contributed by atoms with Gasteiger partial charge in [0.1, 0.15) is 11.6 Å². The Morgan fingerprint density at radius 2 is 2.07 bits per heavy atom. The standard InChI is InChI=1S/C11H19NO2/c1-11(2,3)14-10(13)9-8-5-4-7(8)6-12-9/h7-9,12H,4-6H2,1-3H3/t7-,8-,9+/m0/s1. The first kappa shape index (κ1) is 9.97. The molecule has 2 fully saturated rings. The predicted octanol–water partition coefficient (Wildman–Crippen LogP) is 1.33. The minimum Gasteiger partial charge on any atom is -0.459 e. The molecule has 14 heavy (non-hydrogen) atoms. The molecule has 0 aromatic heterocycles. The van der Waals surface area contributed by atoms with E-state index in [4.69, 9.17) is 4.74 Å². The summed E-state index contributed by atoms with van der Waals surface area (Å²) >= 11 is 0. The van der Waals surface area contributed by atoms with Crippen LogP contribution in [0.4, 0.5) is 0 Å². The average molecular weight is 197 g/mol. The number of fused-ring (bicyclic) bond motifs is 1. The minimum atomic E-state index is -0.361. The Bertz CT molecular complexity index is 244. The lowest BCUT2D eigenvalue weighted by Crippen LogP contribution is -2.42. The Hall–Kier alpha value is -0.570. The molecule has 1 heterocycles. The van der Waals surface area contributed by atoms with Crippen molar-refractivity contribution in [2.24, 2.45) is 11.8 Å². The van der Waals surface area contributed by atoms with Crippen molar-refractivity contribution in [3.63, 3.8) is 0 Å². The van der Waals surface area contributed by atoms with Crippen molar-refractivity contribution >= 4 is 5.97 Å². The van der Waals surface area contributed by atoms with Crippen LogP contribution in [0.5, 0.6) is 0 Å². The number of hydrogen-bond donors (Lipinski definition) is 1. The smallest absolute Gasteiger partial charge is 0.323 e. The molecule has 0 amide bonds. The number of rotatable bonds is 1. The summed E-state index contributed by atoms with van der Waals surface area (Å²) < 4.78 is 5.37. The summed E-state index contributed by atoms with van der Waals surface area (Å²) in [6.07, 6.45) is 2.46. The summed E-state index contributed by atoms with van der Waals surface area (Å²) in [5.41, 5.74) is -0.361. The summed E-state index contributed by atoms with van der Waals surface area (Å²) in [5, 5.41) is 3.27. The molecule has 3 atom stereocenters. The Morgan fingerprint density at radius 1 is 1.36 bits per heavy atom. The first-order valence-electron chi connectivity index (χ1n) is 5.43. The highest BCUT2D eigenvalue weighted by Crippen LogP contribution is 2.40. The summed E-state index contributed by atoms with van der Waals surface area (Å²) in [7, 11) is 0. The van der Waals surface area contributed by atoms with Crippen molar-refractivity contribution in [2.45, 2.75) is 45.3 Å². The van der Waals surface area contributed by atoms with Crippen LogP contribution in [0.2, 0.25) is 0 Å². The molecule has 1 saturated carbocycles. The summed E-state index contributed by atoms with van der Waals surface area (Å²) in [4.78, 5) is 11.8. The average Bonchev–Trinajstić information content (AvgIpc) is 2.22. The van der Waals surface area contributed by atoms with Crippen LogP contribution in [-0.2, 0) is 9.53 Å². The van der Waals surface area contributed by atoms with Crippen LogP contribution in [0, 0.1) is 11.8 Å². The lowest BCUT2D eigenvalue weighted by molar-refractivity contribution is -0.159. The van der Waals surface area contributed by atoms with E-state index in [2.05, 4.69) is 5.32 Å². The third-order valence-corrected chi connectivity index (χ3v) is 3.17. The lowest BCUT2D eigenvalue weighted by Gasteiger charge is -2.33. The molecule has 1 aliphatic heterocycles. The van der Waals surface area contributed by atoms with Crippen molar-refractivity contribution < 1.29 is 9.53 Å². The van der Waals surface area contributed by atoms with Crippen molar-refractivity contribution in [1.82, 2.24) is 5.32 Å². The predicted molar refractivity (Wildman–Crippen MR) is 53.8 cm³/mol. The van der Waals surface area contributed by atoms with Gasteiger partial charge in [-0.3, -0.25) is 4.79 Å². The Labute approximate surface area is 85.2 Å². The topological polar surface area (TPSA) is 38.3 Å². The summed E-state index contributed by atoms with van der Waals surface area (Å²) in [6.45, 7) is 6.74. The molecular formula is C11H19NO2. The van der Waals surface area contributed by atoms with Crippen LogP contribution < -0.4 is 5.32 Å². The molecule has 3 heteroatoms. The van der Waals surface area contributed by atoms with Gasteiger partial charge in [0.05, 0.1) is 0 Å². The van der Waals surface area contributed by atoms with Gasteiger partial charge < -0.3 is 10.1 Å². The van der Waals surface area contributed by atoms with Crippen LogP contribution in [0.25, 0.3) is 0 Å². The molecule has 3 nitrogen and oxygen atoms in total. The van der Waals surface area contributed by atoms with Gasteiger partial charge in [-0.2, -0.15) is 0 Å². The molecule has 0 unspecified atom stereocenters. The molecule has 2 rings (SSSR count). The van der Waals surface area contributed by atoms with Gasteiger partial charge in [0, 0.05) is 0 Å². The molecule has 0 bridgehead atoms. The van der Waals surface area contributed by atoms with Crippen LogP contribution in [-0.4, -0.2) is 24.2 Å². The molecule has 1 N–H and O–H groups in total. The lowest BCUT2D eigenvalue weighted by atomic mass is 9.73. The fourth-order valence-electron chi connectivity index (χ4n) is 2.34. The molecule has 1 aliphatic carbocycles. The second-order valence-corrected chi connectivity index (χ2v) is 5.42. The molecule has 0 radical (unpaired) electrons. The number of carbonyl (C=O) groups is 1. The maximum Gasteiger partial charge on any atom is 0.323 e. The van der Waals surface area contributed by atoms with E-state index >= 15 is 0 Å². The fraction of sp³-hybridized carbons (Fsp3) is 0.909. The van der Waals surface area contributed by atoms with Gasteiger partial charge in [0.15, 0.2) is 0 Å². The zero-order chi connectivity index (χ0) is 10.3. The van der Waals surface area contributed by atoms with Gasteiger partial charge in [-0.25, -0.2) is 0 Å². The molecule has 0 spiro atoms. The SMILES string of the molecule is CC(C)(C)OC(=O)[C@@H]1NC[C@@H]2CC[C@@H]21. The Kier molecular flexibility index (Phi) is 2.30. The van der Waals surface area contributed by atoms with Gasteiger partial charge in [0.2, 0.25) is 0 Å². The monoisotopic (exact) mass is 197 g/mol. The minimum absolute atomic E-state index is 0.0343. The first-order chi connectivity index (χ1) is 6.47. The fourth-order valence-corrected chi connectivity index (χ4v) is 2.34. The Balaban J connectivity index is 1.92. The van der Waals surface area contributed by atoms with E-state index < -0.39 is 0 Å². The maximum absolute atomic E-state index is 11.8. The number of carbonyl (C=O) groups excluding carboxylic acids is 1. The molecule has 1 saturated heterocycles. The normalized spacial score (nSPS) is 36.1. The van der Waals surface area contributed by atoms with E-state index in [1.165, 1.54) is 12.8 Å². The van der Waals surface area contributed by atoms with Crippen molar-refractivity contribution in [2.75, 3.05) is 6.54 Å². The molecule has 0 aromatic carbocycles. The number of ether oxygens (including phenoxy) is 1. The summed E-state index contributed by atoms with van der Waals surface area (Å²) in [6, 6.07) is -0.0343. The highest BCUT2D eigenvalue weighted by atomic mass is 16.6. The van der Waals surface area contributed by atoms with E-state index in [0.29, 0.717) is 5.92 Å². The van der Waals surface area contributed by atoms with E-state index in [-0.39, 0.29) is 17.6 Å². The Morgan fingerprint density at radius 3 is 2.50 bits per heavy atom. The highest BCUT2D eigenvalue weighted by molar-refractivity contribution is 5.77. The van der Waals surface area contributed by atoms with E-state index in [9.17, 15) is 4.79 Å². The number of esters is 1. The van der Waals surface area contributed by atoms with Crippen LogP contribution >= 0.6 is 0 Å². The van der Waals surface area contributed by atoms with Crippen molar-refractivity contribution in [3.05, 3.63) is 0 Å². The molecule has 80 valence electrons. The number of hydrogen-bond acceptors (Lipinski definition) is 3. The largest absolute Gasteiger partial charge is 0.459 e. The quantitative estimate of drug-likeness (QED) is 0.644.